The van der Waals surface area contributed by atoms with Gasteiger partial charge in [-0.05, 0) is 21.0 Å². The van der Waals surface area contributed by atoms with Crippen molar-refractivity contribution in [3.63, 3.8) is 0 Å². The van der Waals surface area contributed by atoms with E-state index in [0.29, 0.717) is 13.1 Å². The van der Waals surface area contributed by atoms with Crippen molar-refractivity contribution in [2.45, 2.75) is 12.0 Å². The monoisotopic (exact) mass is 289 g/mol. The summed E-state index contributed by atoms with van der Waals surface area (Å²) in [7, 11) is 1.05. The van der Waals surface area contributed by atoms with Crippen LogP contribution in [0, 0.1) is 6.92 Å². The van der Waals surface area contributed by atoms with E-state index in [2.05, 4.69) is 10.0 Å². The number of nitrogens with zero attached hydrogens (tertiary/aromatic N) is 1. The molecule has 1 aromatic rings. The fraction of sp³-hybridized carbons (Fsp3) is 0.545. The molecule has 0 aliphatic rings. The minimum Gasteiger partial charge on any atom is -0.448 e. The zero-order valence-corrected chi connectivity index (χ0v) is 12.3. The van der Waals surface area contributed by atoms with Crippen LogP contribution in [0.5, 0.6) is 0 Å². The summed E-state index contributed by atoms with van der Waals surface area (Å²) in [6, 6.07) is 1.25. The van der Waals surface area contributed by atoms with Crippen LogP contribution in [0.25, 0.3) is 0 Å². The smallest absolute Gasteiger partial charge is 0.273 e. The number of rotatable bonds is 6. The van der Waals surface area contributed by atoms with E-state index in [1.54, 1.807) is 21.0 Å². The lowest BCUT2D eigenvalue weighted by Gasteiger charge is -2.16. The number of hydrogen-bond acceptors (Lipinski definition) is 5. The number of likely N-dealkylation sites (N-methyl/N-ethyl adjacent to an activating group) is 2. The lowest BCUT2D eigenvalue weighted by Crippen LogP contribution is -2.32. The summed E-state index contributed by atoms with van der Waals surface area (Å²) in [5.74, 6) is 0.0178. The van der Waals surface area contributed by atoms with Crippen LogP contribution in [-0.4, -0.2) is 53.5 Å². The molecule has 1 amide bonds. The first-order valence-electron chi connectivity index (χ1n) is 5.77. The average Bonchev–Trinajstić information content (AvgIpc) is 2.77. The van der Waals surface area contributed by atoms with Crippen LogP contribution in [0.2, 0.25) is 0 Å². The van der Waals surface area contributed by atoms with E-state index in [9.17, 15) is 13.2 Å². The Hall–Kier alpha value is -1.38. The lowest BCUT2D eigenvalue weighted by molar-refractivity contribution is 0.0795. The van der Waals surface area contributed by atoms with Gasteiger partial charge in [-0.25, -0.2) is 13.1 Å². The summed E-state index contributed by atoms with van der Waals surface area (Å²) < 4.78 is 30.5. The molecule has 0 aliphatic heterocycles. The number of nitrogens with one attached hydrogen (secondary N) is 2. The molecule has 1 rings (SSSR count). The molecule has 0 unspecified atom stereocenters. The summed E-state index contributed by atoms with van der Waals surface area (Å²) >= 11 is 0. The van der Waals surface area contributed by atoms with Gasteiger partial charge in [0.25, 0.3) is 15.9 Å². The normalized spacial score (nSPS) is 11.6. The van der Waals surface area contributed by atoms with Crippen molar-refractivity contribution in [1.29, 1.82) is 0 Å². The van der Waals surface area contributed by atoms with Crippen molar-refractivity contribution in [3.05, 3.63) is 17.4 Å². The molecule has 19 heavy (non-hydrogen) atoms. The van der Waals surface area contributed by atoms with Crippen LogP contribution in [0.3, 0.4) is 0 Å². The Balaban J connectivity index is 3.00. The lowest BCUT2D eigenvalue weighted by atomic mass is 10.2. The zero-order chi connectivity index (χ0) is 14.6. The average molecular weight is 289 g/mol. The predicted octanol–water partition coefficient (Wildman–Crippen LogP) is -0.212. The SMILES string of the molecule is CNCCN(C)C(=O)c1cc(S(=O)(=O)NC)oc1C. The van der Waals surface area contributed by atoms with Crippen LogP contribution in [0.4, 0.5) is 0 Å². The Kier molecular flexibility index (Phi) is 5.10. The van der Waals surface area contributed by atoms with Gasteiger partial charge in [0.1, 0.15) is 5.76 Å². The van der Waals surface area contributed by atoms with Crippen molar-refractivity contribution in [1.82, 2.24) is 14.9 Å². The van der Waals surface area contributed by atoms with Crippen LogP contribution in [0.15, 0.2) is 15.6 Å². The summed E-state index contributed by atoms with van der Waals surface area (Å²) in [6.45, 7) is 2.74. The molecule has 0 spiro atoms. The first-order chi connectivity index (χ1) is 8.83. The summed E-state index contributed by atoms with van der Waals surface area (Å²) in [5, 5.41) is 2.68. The number of amides is 1. The maximum Gasteiger partial charge on any atom is 0.273 e. The van der Waals surface area contributed by atoms with Gasteiger partial charge >= 0.3 is 0 Å². The highest BCUT2D eigenvalue weighted by molar-refractivity contribution is 7.89. The highest BCUT2D eigenvalue weighted by Crippen LogP contribution is 2.20. The summed E-state index contributed by atoms with van der Waals surface area (Å²) in [4.78, 5) is 13.6. The number of sulfonamides is 1. The molecular weight excluding hydrogens is 270 g/mol. The second-order valence-corrected chi connectivity index (χ2v) is 5.89. The predicted molar refractivity (Wildman–Crippen MR) is 70.6 cm³/mol. The van der Waals surface area contributed by atoms with Gasteiger partial charge in [0.05, 0.1) is 5.56 Å². The van der Waals surface area contributed by atoms with Crippen LogP contribution >= 0.6 is 0 Å². The molecule has 0 atom stereocenters. The second-order valence-electron chi connectivity index (χ2n) is 4.07. The number of furan rings is 1. The quantitative estimate of drug-likeness (QED) is 0.756. The third-order valence-electron chi connectivity index (χ3n) is 2.70. The number of aryl methyl sites for hydroxylation is 1. The molecule has 108 valence electrons. The van der Waals surface area contributed by atoms with E-state index in [-0.39, 0.29) is 22.3 Å². The van der Waals surface area contributed by atoms with Crippen molar-refractivity contribution in [2.24, 2.45) is 0 Å². The molecule has 0 bridgehead atoms. The third-order valence-corrected chi connectivity index (χ3v) is 3.97. The van der Waals surface area contributed by atoms with E-state index in [1.165, 1.54) is 18.0 Å². The summed E-state index contributed by atoms with van der Waals surface area (Å²) in [5.41, 5.74) is 0.257. The molecule has 0 radical (unpaired) electrons. The van der Waals surface area contributed by atoms with Crippen molar-refractivity contribution < 1.29 is 17.6 Å². The molecule has 1 aromatic heterocycles. The highest BCUT2D eigenvalue weighted by Gasteiger charge is 2.24. The van der Waals surface area contributed by atoms with Gasteiger partial charge in [0.2, 0.25) is 5.09 Å². The van der Waals surface area contributed by atoms with Crippen molar-refractivity contribution in [3.8, 4) is 0 Å². The van der Waals surface area contributed by atoms with Gasteiger partial charge in [-0.3, -0.25) is 4.79 Å². The Morgan fingerprint density at radius 2 is 2.05 bits per heavy atom. The standard InChI is InChI=1S/C11H19N3O4S/c1-8-9(11(15)14(4)6-5-12-2)7-10(18-8)19(16,17)13-3/h7,12-13H,5-6H2,1-4H3. The molecule has 8 heteroatoms. The molecule has 0 aliphatic carbocycles. The van der Waals surface area contributed by atoms with Crippen LogP contribution in [0.1, 0.15) is 16.1 Å². The highest BCUT2D eigenvalue weighted by atomic mass is 32.2. The van der Waals surface area contributed by atoms with E-state index < -0.39 is 10.0 Å². The second kappa shape index (κ2) is 6.18. The fourth-order valence-corrected chi connectivity index (χ4v) is 2.20. The van der Waals surface area contributed by atoms with E-state index in [4.69, 9.17) is 4.42 Å². The first-order valence-corrected chi connectivity index (χ1v) is 7.26. The van der Waals surface area contributed by atoms with E-state index >= 15 is 0 Å². The maximum atomic E-state index is 12.1. The maximum absolute atomic E-state index is 12.1. The van der Waals surface area contributed by atoms with E-state index in [0.717, 1.165) is 0 Å². The minimum atomic E-state index is -3.68. The van der Waals surface area contributed by atoms with Gasteiger partial charge in [0, 0.05) is 26.2 Å². The van der Waals surface area contributed by atoms with Crippen molar-refractivity contribution >= 4 is 15.9 Å². The molecule has 2 N–H and O–H groups in total. The van der Waals surface area contributed by atoms with Crippen LogP contribution in [-0.2, 0) is 10.0 Å². The van der Waals surface area contributed by atoms with Gasteiger partial charge in [-0.1, -0.05) is 0 Å². The van der Waals surface area contributed by atoms with E-state index in [1.807, 2.05) is 0 Å². The number of carbonyl (C=O) groups excluding carboxylic acids is 1. The zero-order valence-electron chi connectivity index (χ0n) is 11.5. The van der Waals surface area contributed by atoms with Gasteiger partial charge < -0.3 is 14.6 Å². The minimum absolute atomic E-state index is 0.252. The molecule has 0 saturated carbocycles. The third kappa shape index (κ3) is 3.55. The topological polar surface area (TPSA) is 91.7 Å². The summed E-state index contributed by atoms with van der Waals surface area (Å²) in [6.07, 6.45) is 0. The molecule has 0 aromatic carbocycles. The Labute approximate surface area is 113 Å². The Morgan fingerprint density at radius 1 is 1.42 bits per heavy atom. The van der Waals surface area contributed by atoms with Crippen LogP contribution < -0.4 is 10.0 Å². The Bertz CT molecular complexity index is 550. The molecular formula is C11H19N3O4S. The Morgan fingerprint density at radius 3 is 2.58 bits per heavy atom. The number of carbonyl (C=O) groups is 1. The first kappa shape index (κ1) is 15.7. The van der Waals surface area contributed by atoms with Gasteiger partial charge in [-0.2, -0.15) is 0 Å². The van der Waals surface area contributed by atoms with Crippen molar-refractivity contribution in [2.75, 3.05) is 34.2 Å². The van der Waals surface area contributed by atoms with Gasteiger partial charge in [-0.15, -0.1) is 0 Å². The molecule has 7 nitrogen and oxygen atoms in total. The largest absolute Gasteiger partial charge is 0.448 e. The fourth-order valence-electron chi connectivity index (χ4n) is 1.49. The van der Waals surface area contributed by atoms with Gasteiger partial charge in [0.15, 0.2) is 0 Å². The molecule has 0 fully saturated rings. The molecule has 1 heterocycles. The number of hydrogen-bond donors (Lipinski definition) is 2. The molecule has 0 saturated heterocycles.